The van der Waals surface area contributed by atoms with Gasteiger partial charge in [0.25, 0.3) is 5.19 Å². The highest BCUT2D eigenvalue weighted by Crippen LogP contribution is 2.34. The molecule has 3 saturated heterocycles. The lowest BCUT2D eigenvalue weighted by Crippen LogP contribution is -2.52. The quantitative estimate of drug-likeness (QED) is 0.848. The molecule has 19 heavy (non-hydrogen) atoms. The topological polar surface area (TPSA) is 25.4 Å². The van der Waals surface area contributed by atoms with Gasteiger partial charge in [-0.25, -0.2) is 4.98 Å². The third kappa shape index (κ3) is 2.22. The highest BCUT2D eigenvalue weighted by molar-refractivity contribution is 7.20. The van der Waals surface area contributed by atoms with Crippen molar-refractivity contribution in [1.82, 2.24) is 9.88 Å². The van der Waals surface area contributed by atoms with Gasteiger partial charge in [-0.15, -0.1) is 0 Å². The molecule has 4 heterocycles. The Hall–Kier alpha value is -0.840. The Labute approximate surface area is 121 Å². The van der Waals surface area contributed by atoms with E-state index in [4.69, 9.17) is 16.3 Å². The van der Waals surface area contributed by atoms with Crippen LogP contribution in [0, 0.1) is 5.92 Å². The van der Waals surface area contributed by atoms with Crippen LogP contribution in [0.25, 0.3) is 10.2 Å². The van der Waals surface area contributed by atoms with Crippen molar-refractivity contribution in [3.8, 4) is 5.19 Å². The van der Waals surface area contributed by atoms with Crippen molar-refractivity contribution in [1.29, 1.82) is 0 Å². The number of hydrogen-bond acceptors (Lipinski definition) is 4. The van der Waals surface area contributed by atoms with Gasteiger partial charge in [-0.05, 0) is 50.0 Å². The zero-order chi connectivity index (χ0) is 12.8. The number of fused-ring (bicyclic) bond motifs is 4. The summed E-state index contributed by atoms with van der Waals surface area (Å²) in [6.07, 6.45) is 2.85. The van der Waals surface area contributed by atoms with E-state index in [0.29, 0.717) is 12.0 Å². The van der Waals surface area contributed by atoms with Gasteiger partial charge in [0.15, 0.2) is 0 Å². The van der Waals surface area contributed by atoms with Crippen molar-refractivity contribution >= 4 is 33.2 Å². The maximum absolute atomic E-state index is 6.14. The largest absolute Gasteiger partial charge is 0.465 e. The second kappa shape index (κ2) is 4.62. The maximum atomic E-state index is 6.14. The molecule has 3 aliphatic heterocycles. The molecular formula is C14H15ClN2OS. The van der Waals surface area contributed by atoms with E-state index in [1.165, 1.54) is 25.9 Å². The summed E-state index contributed by atoms with van der Waals surface area (Å²) >= 11 is 7.60. The molecule has 1 atom stereocenters. The van der Waals surface area contributed by atoms with Crippen LogP contribution < -0.4 is 4.74 Å². The van der Waals surface area contributed by atoms with E-state index in [9.17, 15) is 0 Å². The van der Waals surface area contributed by atoms with Crippen LogP contribution in [0.2, 0.25) is 5.02 Å². The van der Waals surface area contributed by atoms with Gasteiger partial charge in [-0.3, -0.25) is 4.90 Å². The lowest BCUT2D eigenvalue weighted by Gasteiger charge is -2.43. The molecule has 3 nitrogen and oxygen atoms in total. The zero-order valence-corrected chi connectivity index (χ0v) is 12.1. The van der Waals surface area contributed by atoms with E-state index in [0.717, 1.165) is 27.0 Å². The van der Waals surface area contributed by atoms with Crippen molar-refractivity contribution in [2.24, 2.45) is 5.92 Å². The minimum Gasteiger partial charge on any atom is -0.465 e. The van der Waals surface area contributed by atoms with Crippen LogP contribution in [-0.2, 0) is 0 Å². The molecule has 3 aliphatic rings. The van der Waals surface area contributed by atoms with E-state index in [1.807, 2.05) is 18.2 Å². The van der Waals surface area contributed by atoms with Gasteiger partial charge in [0.05, 0.1) is 10.2 Å². The third-order valence-corrected chi connectivity index (χ3v) is 5.32. The number of thiazole rings is 1. The van der Waals surface area contributed by atoms with Gasteiger partial charge < -0.3 is 4.74 Å². The van der Waals surface area contributed by atoms with Gasteiger partial charge >= 0.3 is 0 Å². The second-order valence-corrected chi connectivity index (χ2v) is 6.82. The summed E-state index contributed by atoms with van der Waals surface area (Å²) in [5.74, 6) is 0.709. The first-order valence-electron chi connectivity index (χ1n) is 6.73. The van der Waals surface area contributed by atoms with E-state index in [2.05, 4.69) is 9.88 Å². The minimum absolute atomic E-state index is 0.318. The van der Waals surface area contributed by atoms with E-state index in [-0.39, 0.29) is 0 Å². The molecule has 2 bridgehead atoms. The second-order valence-electron chi connectivity index (χ2n) is 5.39. The molecular weight excluding hydrogens is 280 g/mol. The Kier molecular flexibility index (Phi) is 2.90. The molecule has 2 aromatic rings. The van der Waals surface area contributed by atoms with Gasteiger partial charge in [0.2, 0.25) is 0 Å². The van der Waals surface area contributed by atoms with E-state index < -0.39 is 0 Å². The average molecular weight is 295 g/mol. The summed E-state index contributed by atoms with van der Waals surface area (Å²) in [7, 11) is 0. The molecule has 0 spiro atoms. The van der Waals surface area contributed by atoms with Crippen molar-refractivity contribution in [2.45, 2.75) is 18.9 Å². The fourth-order valence-corrected chi connectivity index (χ4v) is 4.25. The smallest absolute Gasteiger partial charge is 0.274 e. The van der Waals surface area contributed by atoms with Crippen LogP contribution >= 0.6 is 22.9 Å². The molecule has 100 valence electrons. The molecule has 5 heteroatoms. The number of aromatic nitrogens is 1. The minimum atomic E-state index is 0.318. The third-order valence-electron chi connectivity index (χ3n) is 4.18. The maximum Gasteiger partial charge on any atom is 0.274 e. The number of halogens is 1. The lowest BCUT2D eigenvalue weighted by molar-refractivity contribution is -0.00774. The van der Waals surface area contributed by atoms with Crippen molar-refractivity contribution < 1.29 is 4.74 Å². The van der Waals surface area contributed by atoms with Crippen molar-refractivity contribution in [3.63, 3.8) is 0 Å². The highest BCUT2D eigenvalue weighted by Gasteiger charge is 2.35. The van der Waals surface area contributed by atoms with Crippen LogP contribution in [0.4, 0.5) is 0 Å². The Morgan fingerprint density at radius 1 is 1.32 bits per heavy atom. The van der Waals surface area contributed by atoms with Gasteiger partial charge in [0, 0.05) is 11.6 Å². The first-order valence-corrected chi connectivity index (χ1v) is 7.92. The van der Waals surface area contributed by atoms with E-state index >= 15 is 0 Å². The standard InChI is InChI=1S/C14H15ClN2OS/c15-10-1-2-11-13(7-10)19-14(16-11)18-12-8-17-5-3-9(12)4-6-17/h1-2,7,9,12H,3-6,8H2. The van der Waals surface area contributed by atoms with Crippen LogP contribution in [0.5, 0.6) is 5.19 Å². The number of hydrogen-bond donors (Lipinski definition) is 0. The summed E-state index contributed by atoms with van der Waals surface area (Å²) in [4.78, 5) is 7.05. The monoisotopic (exact) mass is 294 g/mol. The van der Waals surface area contributed by atoms with Crippen molar-refractivity contribution in [2.75, 3.05) is 19.6 Å². The fraction of sp³-hybridized carbons (Fsp3) is 0.500. The highest BCUT2D eigenvalue weighted by atomic mass is 35.5. The molecule has 0 aliphatic carbocycles. The molecule has 1 aromatic carbocycles. The predicted molar refractivity (Wildman–Crippen MR) is 78.2 cm³/mol. The van der Waals surface area contributed by atoms with Gasteiger partial charge in [0.1, 0.15) is 6.10 Å². The summed E-state index contributed by atoms with van der Waals surface area (Å²) in [6.45, 7) is 3.53. The number of rotatable bonds is 2. The summed E-state index contributed by atoms with van der Waals surface area (Å²) in [5, 5.41) is 1.54. The number of piperidine rings is 3. The normalized spacial score (nSPS) is 29.8. The number of ether oxygens (including phenoxy) is 1. The number of nitrogens with zero attached hydrogens (tertiary/aromatic N) is 2. The van der Waals surface area contributed by atoms with Crippen molar-refractivity contribution in [3.05, 3.63) is 23.2 Å². The van der Waals surface area contributed by atoms with Crippen LogP contribution in [0.3, 0.4) is 0 Å². The summed E-state index contributed by atoms with van der Waals surface area (Å²) < 4.78 is 7.24. The Bertz CT molecular complexity index is 607. The van der Waals surface area contributed by atoms with Crippen LogP contribution in [-0.4, -0.2) is 35.6 Å². The zero-order valence-electron chi connectivity index (χ0n) is 10.5. The van der Waals surface area contributed by atoms with Gasteiger partial charge in [-0.2, -0.15) is 0 Å². The SMILES string of the molecule is Clc1ccc2nc(OC3CN4CCC3CC4)sc2c1. The molecule has 1 unspecified atom stereocenters. The Morgan fingerprint density at radius 2 is 2.16 bits per heavy atom. The molecule has 0 N–H and O–H groups in total. The average Bonchev–Trinajstić information content (AvgIpc) is 2.81. The Morgan fingerprint density at radius 3 is 2.89 bits per heavy atom. The molecule has 1 aromatic heterocycles. The molecule has 3 fully saturated rings. The van der Waals surface area contributed by atoms with E-state index in [1.54, 1.807) is 11.3 Å². The first-order chi connectivity index (χ1) is 9.28. The molecule has 0 radical (unpaired) electrons. The summed E-state index contributed by atoms with van der Waals surface area (Å²) in [6, 6.07) is 5.79. The lowest BCUT2D eigenvalue weighted by atomic mass is 9.86. The van der Waals surface area contributed by atoms with Crippen LogP contribution in [0.15, 0.2) is 18.2 Å². The molecule has 5 rings (SSSR count). The molecule has 0 saturated carbocycles. The first kappa shape index (κ1) is 11.9. The predicted octanol–water partition coefficient (Wildman–Crippen LogP) is 3.42. The Balaban J connectivity index is 1.58. The fourth-order valence-electron chi connectivity index (χ4n) is 3.10. The number of benzene rings is 1. The summed E-state index contributed by atoms with van der Waals surface area (Å²) in [5.41, 5.74) is 0.977. The van der Waals surface area contributed by atoms with Gasteiger partial charge in [-0.1, -0.05) is 22.9 Å². The molecule has 0 amide bonds. The van der Waals surface area contributed by atoms with Crippen LogP contribution in [0.1, 0.15) is 12.8 Å².